The second-order valence-electron chi connectivity index (χ2n) is 8.71. The summed E-state index contributed by atoms with van der Waals surface area (Å²) in [4.78, 5) is 28.9. The molecule has 2 amide bonds. The Balaban J connectivity index is 1.82. The van der Waals surface area contributed by atoms with Gasteiger partial charge in [-0.25, -0.2) is 12.7 Å². The molecule has 2 aliphatic rings. The third-order valence-electron chi connectivity index (χ3n) is 5.47. The van der Waals surface area contributed by atoms with Crippen LogP contribution in [0.5, 0.6) is 0 Å². The van der Waals surface area contributed by atoms with Crippen molar-refractivity contribution in [1.82, 2.24) is 14.1 Å². The number of unbranched alkanes of at least 4 members (excludes halogenated alkanes) is 1. The Labute approximate surface area is 164 Å². The molecule has 0 radical (unpaired) electrons. The van der Waals surface area contributed by atoms with Crippen LogP contribution < -0.4 is 0 Å². The number of hydrogen-bond acceptors (Lipinski definition) is 4. The molecule has 0 bridgehead atoms. The van der Waals surface area contributed by atoms with E-state index in [-0.39, 0.29) is 23.5 Å². The van der Waals surface area contributed by atoms with Crippen LogP contribution >= 0.6 is 0 Å². The van der Waals surface area contributed by atoms with Gasteiger partial charge in [-0.3, -0.25) is 9.59 Å². The average Bonchev–Trinajstić information content (AvgIpc) is 2.65. The van der Waals surface area contributed by atoms with Crippen LogP contribution in [0.3, 0.4) is 0 Å². The van der Waals surface area contributed by atoms with Crippen molar-refractivity contribution in [3.63, 3.8) is 0 Å². The topological polar surface area (TPSA) is 78.0 Å². The Bertz CT molecular complexity index is 626. The number of piperidine rings is 1. The molecule has 2 rings (SSSR count). The number of hydrogen-bond donors (Lipinski definition) is 0. The number of carbonyl (C=O) groups excluding carboxylic acids is 2. The molecule has 27 heavy (non-hydrogen) atoms. The molecule has 0 saturated carbocycles. The zero-order valence-electron chi connectivity index (χ0n) is 17.2. The number of rotatable bonds is 5. The van der Waals surface area contributed by atoms with E-state index >= 15 is 0 Å². The standard InChI is InChI=1S/C19H35N3O4S/c1-5-6-15-27(25,26)22-9-7-16(8-10-22)17(23)20-11-13-21(14-12-20)18(24)19(2,3)4/h16H,5-15H2,1-4H3. The van der Waals surface area contributed by atoms with Crippen molar-refractivity contribution in [3.05, 3.63) is 0 Å². The summed E-state index contributed by atoms with van der Waals surface area (Å²) in [5.74, 6) is 0.336. The highest BCUT2D eigenvalue weighted by Gasteiger charge is 2.35. The third-order valence-corrected chi connectivity index (χ3v) is 7.43. The van der Waals surface area contributed by atoms with Crippen LogP contribution in [-0.2, 0) is 19.6 Å². The van der Waals surface area contributed by atoms with E-state index in [0.717, 1.165) is 6.42 Å². The molecule has 2 fully saturated rings. The van der Waals surface area contributed by atoms with Crippen molar-refractivity contribution in [2.45, 2.75) is 53.4 Å². The molecule has 2 heterocycles. The number of nitrogens with zero attached hydrogens (tertiary/aromatic N) is 3. The summed E-state index contributed by atoms with van der Waals surface area (Å²) < 4.78 is 26.1. The zero-order chi connectivity index (χ0) is 20.2. The van der Waals surface area contributed by atoms with Crippen molar-refractivity contribution in [1.29, 1.82) is 0 Å². The van der Waals surface area contributed by atoms with Gasteiger partial charge in [0.25, 0.3) is 0 Å². The summed E-state index contributed by atoms with van der Waals surface area (Å²) in [6, 6.07) is 0. The molecule has 0 N–H and O–H groups in total. The lowest BCUT2D eigenvalue weighted by Crippen LogP contribution is -2.54. The fraction of sp³-hybridized carbons (Fsp3) is 0.895. The quantitative estimate of drug-likeness (QED) is 0.700. The summed E-state index contributed by atoms with van der Waals surface area (Å²) in [6.07, 6.45) is 2.72. The summed E-state index contributed by atoms with van der Waals surface area (Å²) in [5.41, 5.74) is -0.401. The second-order valence-corrected chi connectivity index (χ2v) is 10.8. The molecule has 0 aliphatic carbocycles. The monoisotopic (exact) mass is 401 g/mol. The Morgan fingerprint density at radius 2 is 1.44 bits per heavy atom. The van der Waals surface area contributed by atoms with Crippen molar-refractivity contribution in [2.24, 2.45) is 11.3 Å². The first-order valence-corrected chi connectivity index (χ1v) is 11.7. The van der Waals surface area contributed by atoms with Gasteiger partial charge in [0.15, 0.2) is 0 Å². The molecule has 2 saturated heterocycles. The maximum absolute atomic E-state index is 12.8. The van der Waals surface area contributed by atoms with Gasteiger partial charge in [-0.05, 0) is 19.3 Å². The Morgan fingerprint density at radius 1 is 0.926 bits per heavy atom. The number of piperazine rings is 1. The minimum absolute atomic E-state index is 0.104. The lowest BCUT2D eigenvalue weighted by Gasteiger charge is -2.40. The molecule has 0 aromatic heterocycles. The fourth-order valence-electron chi connectivity index (χ4n) is 3.70. The summed E-state index contributed by atoms with van der Waals surface area (Å²) >= 11 is 0. The summed E-state index contributed by atoms with van der Waals surface area (Å²) in [5, 5.41) is 0. The smallest absolute Gasteiger partial charge is 0.228 e. The van der Waals surface area contributed by atoms with Crippen molar-refractivity contribution in [3.8, 4) is 0 Å². The van der Waals surface area contributed by atoms with Crippen LogP contribution in [0.15, 0.2) is 0 Å². The average molecular weight is 402 g/mol. The SMILES string of the molecule is CCCCS(=O)(=O)N1CCC(C(=O)N2CCN(C(=O)C(C)(C)C)CC2)CC1. The maximum Gasteiger partial charge on any atom is 0.228 e. The number of sulfonamides is 1. The van der Waals surface area contributed by atoms with Crippen LogP contribution in [0.2, 0.25) is 0 Å². The van der Waals surface area contributed by atoms with E-state index in [1.54, 1.807) is 4.31 Å². The van der Waals surface area contributed by atoms with Crippen LogP contribution in [0.25, 0.3) is 0 Å². The zero-order valence-corrected chi connectivity index (χ0v) is 18.1. The van der Waals surface area contributed by atoms with E-state index in [4.69, 9.17) is 0 Å². The largest absolute Gasteiger partial charge is 0.339 e. The number of amides is 2. The molecule has 8 heteroatoms. The van der Waals surface area contributed by atoms with Gasteiger partial charge in [0.2, 0.25) is 21.8 Å². The van der Waals surface area contributed by atoms with Gasteiger partial charge in [-0.15, -0.1) is 0 Å². The second kappa shape index (κ2) is 8.90. The summed E-state index contributed by atoms with van der Waals surface area (Å²) in [6.45, 7) is 10.9. The molecule has 0 atom stereocenters. The molecule has 156 valence electrons. The van der Waals surface area contributed by atoms with Crippen molar-refractivity contribution >= 4 is 21.8 Å². The molecule has 0 spiro atoms. The molecule has 0 aromatic carbocycles. The van der Waals surface area contributed by atoms with Gasteiger partial charge < -0.3 is 9.80 Å². The van der Waals surface area contributed by atoms with Crippen LogP contribution in [0.1, 0.15) is 53.4 Å². The van der Waals surface area contributed by atoms with Crippen LogP contribution in [0.4, 0.5) is 0 Å². The first-order chi connectivity index (χ1) is 12.6. The van der Waals surface area contributed by atoms with Gasteiger partial charge in [-0.2, -0.15) is 0 Å². The predicted octanol–water partition coefficient (Wildman–Crippen LogP) is 1.55. The molecular weight excluding hydrogens is 366 g/mol. The fourth-order valence-corrected chi connectivity index (χ4v) is 5.38. The molecular formula is C19H35N3O4S. The van der Waals surface area contributed by atoms with E-state index in [2.05, 4.69) is 0 Å². The van der Waals surface area contributed by atoms with Crippen LogP contribution in [0, 0.1) is 11.3 Å². The van der Waals surface area contributed by atoms with Gasteiger partial charge in [0.05, 0.1) is 5.75 Å². The van der Waals surface area contributed by atoms with Gasteiger partial charge >= 0.3 is 0 Å². The summed E-state index contributed by atoms with van der Waals surface area (Å²) in [7, 11) is -3.19. The van der Waals surface area contributed by atoms with Crippen molar-refractivity contribution in [2.75, 3.05) is 45.0 Å². The predicted molar refractivity (Wildman–Crippen MR) is 106 cm³/mol. The van der Waals surface area contributed by atoms with E-state index in [1.807, 2.05) is 37.5 Å². The van der Waals surface area contributed by atoms with E-state index < -0.39 is 15.4 Å². The molecule has 0 aromatic rings. The Morgan fingerprint density at radius 3 is 1.93 bits per heavy atom. The number of carbonyl (C=O) groups is 2. The minimum Gasteiger partial charge on any atom is -0.339 e. The minimum atomic E-state index is -3.19. The van der Waals surface area contributed by atoms with Crippen LogP contribution in [-0.4, -0.2) is 79.4 Å². The highest BCUT2D eigenvalue weighted by molar-refractivity contribution is 7.89. The third kappa shape index (κ3) is 5.67. The first-order valence-electron chi connectivity index (χ1n) is 10.1. The normalized spacial score (nSPS) is 20.7. The van der Waals surface area contributed by atoms with E-state index in [9.17, 15) is 18.0 Å². The lowest BCUT2D eigenvalue weighted by molar-refractivity contribution is -0.146. The molecule has 2 aliphatic heterocycles. The lowest BCUT2D eigenvalue weighted by atomic mass is 9.94. The first kappa shape index (κ1) is 22.1. The molecule has 7 nitrogen and oxygen atoms in total. The highest BCUT2D eigenvalue weighted by Crippen LogP contribution is 2.24. The van der Waals surface area contributed by atoms with Gasteiger partial charge in [0, 0.05) is 50.6 Å². The van der Waals surface area contributed by atoms with Crippen molar-refractivity contribution < 1.29 is 18.0 Å². The highest BCUT2D eigenvalue weighted by atomic mass is 32.2. The maximum atomic E-state index is 12.8. The van der Waals surface area contributed by atoms with E-state index in [1.165, 1.54) is 0 Å². The van der Waals surface area contributed by atoms with E-state index in [0.29, 0.717) is 58.5 Å². The van der Waals surface area contributed by atoms with Gasteiger partial charge in [-0.1, -0.05) is 34.1 Å². The Hall–Kier alpha value is -1.15. The van der Waals surface area contributed by atoms with Gasteiger partial charge in [0.1, 0.15) is 0 Å². The Kier molecular flexibility index (Phi) is 7.30. The molecule has 0 unspecified atom stereocenters.